The van der Waals surface area contributed by atoms with Gasteiger partial charge >= 0.3 is 0 Å². The maximum Gasteiger partial charge on any atom is 0.206 e. The zero-order valence-electron chi connectivity index (χ0n) is 12.2. The summed E-state index contributed by atoms with van der Waals surface area (Å²) in [4.78, 5) is 0. The van der Waals surface area contributed by atoms with Crippen molar-refractivity contribution in [3.05, 3.63) is 28.2 Å². The predicted octanol–water partition coefficient (Wildman–Crippen LogP) is 4.67. The van der Waals surface area contributed by atoms with Gasteiger partial charge in [-0.15, -0.1) is 10.2 Å². The average Bonchev–Trinajstić information content (AvgIpc) is 2.91. The third-order valence-corrected chi connectivity index (χ3v) is 5.35. The van der Waals surface area contributed by atoms with Crippen molar-refractivity contribution in [2.45, 2.75) is 23.9 Å². The number of anilines is 1. The highest BCUT2D eigenvalue weighted by Gasteiger charge is 2.07. The molecule has 0 aliphatic carbocycles. The first-order valence-corrected chi connectivity index (χ1v) is 9.20. The Morgan fingerprint density at radius 1 is 1.38 bits per heavy atom. The number of aromatic nitrogens is 2. The molecule has 1 aromatic carbocycles. The fraction of sp³-hybridized carbons (Fsp3) is 0.429. The Kier molecular flexibility index (Phi) is 6.32. The minimum Gasteiger partial charge on any atom is -0.496 e. The highest BCUT2D eigenvalue weighted by Crippen LogP contribution is 2.31. The molecule has 0 amide bonds. The van der Waals surface area contributed by atoms with Crippen LogP contribution in [-0.2, 0) is 5.75 Å². The summed E-state index contributed by atoms with van der Waals surface area (Å²) in [6.45, 7) is 5.27. The van der Waals surface area contributed by atoms with E-state index in [1.807, 2.05) is 6.07 Å². The van der Waals surface area contributed by atoms with Crippen molar-refractivity contribution in [3.63, 3.8) is 0 Å². The summed E-state index contributed by atoms with van der Waals surface area (Å²) in [6, 6.07) is 6.11. The molecule has 0 saturated carbocycles. The Morgan fingerprint density at radius 3 is 2.86 bits per heavy atom. The van der Waals surface area contributed by atoms with Gasteiger partial charge in [-0.05, 0) is 39.5 Å². The minimum absolute atomic E-state index is 0.599. The molecule has 1 aromatic heterocycles. The summed E-state index contributed by atoms with van der Waals surface area (Å²) in [5.41, 5.74) is 1.22. The smallest absolute Gasteiger partial charge is 0.206 e. The van der Waals surface area contributed by atoms with Gasteiger partial charge in [-0.25, -0.2) is 0 Å². The van der Waals surface area contributed by atoms with E-state index in [9.17, 15) is 0 Å². The van der Waals surface area contributed by atoms with E-state index in [1.54, 1.807) is 30.2 Å². The van der Waals surface area contributed by atoms with E-state index in [0.29, 0.717) is 5.92 Å². The molecule has 2 rings (SSSR count). The summed E-state index contributed by atoms with van der Waals surface area (Å²) in [5.74, 6) is 2.31. The zero-order chi connectivity index (χ0) is 15.2. The normalized spacial score (nSPS) is 10.9. The van der Waals surface area contributed by atoms with E-state index in [4.69, 9.17) is 4.74 Å². The Labute approximate surface area is 141 Å². The fourth-order valence-corrected chi connectivity index (χ4v) is 3.87. The maximum atomic E-state index is 5.23. The number of ether oxygens (including phenoxy) is 1. The van der Waals surface area contributed by atoms with Gasteiger partial charge in [0.05, 0.1) is 11.6 Å². The molecule has 0 aliphatic rings. The first kappa shape index (κ1) is 16.6. The van der Waals surface area contributed by atoms with Gasteiger partial charge in [0.15, 0.2) is 4.34 Å². The van der Waals surface area contributed by atoms with Crippen LogP contribution in [0.2, 0.25) is 0 Å². The number of benzene rings is 1. The molecule has 0 atom stereocenters. The number of methoxy groups -OCH3 is 1. The summed E-state index contributed by atoms with van der Waals surface area (Å²) in [7, 11) is 1.67. The number of halogens is 1. The van der Waals surface area contributed by atoms with E-state index < -0.39 is 0 Å². The number of rotatable bonds is 7. The highest BCUT2D eigenvalue weighted by molar-refractivity contribution is 9.10. The highest BCUT2D eigenvalue weighted by atomic mass is 79.9. The van der Waals surface area contributed by atoms with Gasteiger partial charge in [-0.3, -0.25) is 0 Å². The Bertz CT molecular complexity index is 589. The third kappa shape index (κ3) is 5.16. The zero-order valence-corrected chi connectivity index (χ0v) is 15.4. The first-order chi connectivity index (χ1) is 10.1. The summed E-state index contributed by atoms with van der Waals surface area (Å²) in [5, 5.41) is 12.5. The van der Waals surface area contributed by atoms with Crippen LogP contribution in [0, 0.1) is 5.92 Å². The van der Waals surface area contributed by atoms with Gasteiger partial charge in [0, 0.05) is 12.3 Å². The molecule has 0 aliphatic heterocycles. The van der Waals surface area contributed by atoms with Crippen LogP contribution in [0.5, 0.6) is 5.75 Å². The molecule has 0 radical (unpaired) electrons. The Hall–Kier alpha value is -0.790. The molecule has 0 unspecified atom stereocenters. The molecule has 1 heterocycles. The number of nitrogens with one attached hydrogen (secondary N) is 1. The number of hydrogen-bond acceptors (Lipinski definition) is 6. The van der Waals surface area contributed by atoms with E-state index in [-0.39, 0.29) is 0 Å². The van der Waals surface area contributed by atoms with Gasteiger partial charge < -0.3 is 10.1 Å². The Morgan fingerprint density at radius 2 is 2.19 bits per heavy atom. The lowest BCUT2D eigenvalue weighted by Crippen LogP contribution is -2.07. The van der Waals surface area contributed by atoms with Gasteiger partial charge in [-0.1, -0.05) is 43.0 Å². The maximum absolute atomic E-state index is 5.23. The monoisotopic (exact) mass is 387 g/mol. The lowest BCUT2D eigenvalue weighted by atomic mass is 10.2. The standard InChI is InChI=1S/C14H18BrN3OS2/c1-9(2)7-16-13-17-18-14(21-13)20-8-10-4-5-12(19-3)11(15)6-10/h4-6,9H,7-8H2,1-3H3,(H,16,17). The van der Waals surface area contributed by atoms with Crippen LogP contribution in [0.3, 0.4) is 0 Å². The average molecular weight is 388 g/mol. The number of nitrogens with zero attached hydrogens (tertiary/aromatic N) is 2. The van der Waals surface area contributed by atoms with Crippen molar-refractivity contribution in [1.82, 2.24) is 10.2 Å². The molecule has 0 bridgehead atoms. The molecular formula is C14H18BrN3OS2. The lowest BCUT2D eigenvalue weighted by Gasteiger charge is -2.05. The second-order valence-electron chi connectivity index (χ2n) is 4.91. The van der Waals surface area contributed by atoms with Gasteiger partial charge in [0.2, 0.25) is 5.13 Å². The van der Waals surface area contributed by atoms with Crippen molar-refractivity contribution in [3.8, 4) is 5.75 Å². The molecule has 0 fully saturated rings. The molecular weight excluding hydrogens is 370 g/mol. The van der Waals surface area contributed by atoms with Crippen molar-refractivity contribution in [1.29, 1.82) is 0 Å². The summed E-state index contributed by atoms with van der Waals surface area (Å²) >= 11 is 6.80. The molecule has 114 valence electrons. The number of thioether (sulfide) groups is 1. The minimum atomic E-state index is 0.599. The molecule has 7 heteroatoms. The molecule has 21 heavy (non-hydrogen) atoms. The van der Waals surface area contributed by atoms with Crippen LogP contribution in [0.1, 0.15) is 19.4 Å². The first-order valence-electron chi connectivity index (χ1n) is 6.61. The topological polar surface area (TPSA) is 47.0 Å². The molecule has 4 nitrogen and oxygen atoms in total. The van der Waals surface area contributed by atoms with Gasteiger partial charge in [-0.2, -0.15) is 0 Å². The van der Waals surface area contributed by atoms with Gasteiger partial charge in [0.1, 0.15) is 5.75 Å². The van der Waals surface area contributed by atoms with E-state index in [0.717, 1.165) is 32.0 Å². The van der Waals surface area contributed by atoms with Crippen molar-refractivity contribution in [2.24, 2.45) is 5.92 Å². The lowest BCUT2D eigenvalue weighted by molar-refractivity contribution is 0.412. The van der Waals surface area contributed by atoms with Crippen LogP contribution in [0.15, 0.2) is 27.0 Å². The molecule has 0 spiro atoms. The second-order valence-corrected chi connectivity index (χ2v) is 7.96. The molecule has 1 N–H and O–H groups in total. The van der Waals surface area contributed by atoms with E-state index in [2.05, 4.69) is 57.4 Å². The van der Waals surface area contributed by atoms with Gasteiger partial charge in [0.25, 0.3) is 0 Å². The SMILES string of the molecule is COc1ccc(CSc2nnc(NCC(C)C)s2)cc1Br. The number of hydrogen-bond donors (Lipinski definition) is 1. The van der Waals surface area contributed by atoms with Crippen LogP contribution < -0.4 is 10.1 Å². The Balaban J connectivity index is 1.89. The largest absolute Gasteiger partial charge is 0.496 e. The second kappa shape index (κ2) is 8.00. The van der Waals surface area contributed by atoms with Crippen molar-refractivity contribution in [2.75, 3.05) is 19.0 Å². The summed E-state index contributed by atoms with van der Waals surface area (Å²) in [6.07, 6.45) is 0. The van der Waals surface area contributed by atoms with Crippen molar-refractivity contribution < 1.29 is 4.74 Å². The predicted molar refractivity (Wildman–Crippen MR) is 93.5 cm³/mol. The van der Waals surface area contributed by atoms with Crippen LogP contribution in [0.25, 0.3) is 0 Å². The van der Waals surface area contributed by atoms with Crippen LogP contribution in [-0.4, -0.2) is 23.9 Å². The van der Waals surface area contributed by atoms with E-state index >= 15 is 0 Å². The van der Waals surface area contributed by atoms with Crippen molar-refractivity contribution >= 4 is 44.2 Å². The van der Waals surface area contributed by atoms with Crippen LogP contribution >= 0.6 is 39.0 Å². The molecule has 0 saturated heterocycles. The molecule has 2 aromatic rings. The third-order valence-electron chi connectivity index (χ3n) is 2.65. The van der Waals surface area contributed by atoms with Crippen LogP contribution in [0.4, 0.5) is 5.13 Å². The summed E-state index contributed by atoms with van der Waals surface area (Å²) < 4.78 is 7.18. The fourth-order valence-electron chi connectivity index (χ4n) is 1.58. The van der Waals surface area contributed by atoms with E-state index in [1.165, 1.54) is 5.56 Å². The quantitative estimate of drug-likeness (QED) is 0.699.